The number of hydrogen-bond donors (Lipinski definition) is 2. The lowest BCUT2D eigenvalue weighted by Gasteiger charge is -2.14. The van der Waals surface area contributed by atoms with Crippen molar-refractivity contribution >= 4 is 56.9 Å². The number of nitrogens with one attached hydrogen (secondary N) is 2. The van der Waals surface area contributed by atoms with Crippen molar-refractivity contribution in [1.82, 2.24) is 10.4 Å². The minimum Gasteiger partial charge on any atom is -0.493 e. The first-order valence-corrected chi connectivity index (χ1v) is 13.8. The Hall–Kier alpha value is -4.16. The molecule has 0 saturated carbocycles. The predicted molar refractivity (Wildman–Crippen MR) is 157 cm³/mol. The first-order chi connectivity index (χ1) is 19.7. The number of amides is 1. The quantitative estimate of drug-likeness (QED) is 0.109. The fraction of sp³-hybridized carbons (Fsp3) is 0.143. The normalized spacial score (nSPS) is 11.2. The van der Waals surface area contributed by atoms with E-state index in [1.54, 1.807) is 29.6 Å². The van der Waals surface area contributed by atoms with Gasteiger partial charge in [-0.1, -0.05) is 24.3 Å². The molecule has 210 valence electrons. The molecule has 13 heteroatoms. The SMILES string of the molecule is COc1cc(/C=N\NC(=O)Cc2csc(Nc3cccc(C(F)(F)F)c3)n2)cc(I)c1OCc1ccccc1C#N. The van der Waals surface area contributed by atoms with Crippen LogP contribution in [0.4, 0.5) is 24.0 Å². The summed E-state index contributed by atoms with van der Waals surface area (Å²) < 4.78 is 51.0. The summed E-state index contributed by atoms with van der Waals surface area (Å²) in [7, 11) is 1.51. The second kappa shape index (κ2) is 13.5. The van der Waals surface area contributed by atoms with Crippen molar-refractivity contribution in [3.05, 3.63) is 97.6 Å². The molecule has 1 amide bonds. The number of nitriles is 1. The van der Waals surface area contributed by atoms with Crippen molar-refractivity contribution in [2.75, 3.05) is 12.4 Å². The molecule has 0 fully saturated rings. The monoisotopic (exact) mass is 691 g/mol. The van der Waals surface area contributed by atoms with Gasteiger partial charge in [-0.25, -0.2) is 10.4 Å². The number of halogens is 4. The molecule has 3 aromatic carbocycles. The molecule has 0 unspecified atom stereocenters. The smallest absolute Gasteiger partial charge is 0.416 e. The number of carbonyl (C=O) groups excluding carboxylic acids is 1. The number of carbonyl (C=O) groups is 1. The minimum absolute atomic E-state index is 0.0735. The van der Waals surface area contributed by atoms with Crippen molar-refractivity contribution in [2.45, 2.75) is 19.2 Å². The van der Waals surface area contributed by atoms with Crippen LogP contribution in [0.25, 0.3) is 0 Å². The fourth-order valence-corrected chi connectivity index (χ4v) is 5.10. The number of methoxy groups -OCH3 is 1. The van der Waals surface area contributed by atoms with Crippen molar-refractivity contribution in [1.29, 1.82) is 5.26 Å². The van der Waals surface area contributed by atoms with Gasteiger partial charge in [0, 0.05) is 16.6 Å². The Kier molecular flexibility index (Phi) is 9.79. The molecule has 0 spiro atoms. The summed E-state index contributed by atoms with van der Waals surface area (Å²) in [6, 6.07) is 17.6. The van der Waals surface area contributed by atoms with E-state index in [1.165, 1.54) is 36.8 Å². The molecule has 0 aliphatic carbocycles. The van der Waals surface area contributed by atoms with E-state index < -0.39 is 17.6 Å². The Morgan fingerprint density at radius 3 is 2.76 bits per heavy atom. The van der Waals surface area contributed by atoms with Crippen LogP contribution in [0.2, 0.25) is 0 Å². The average Bonchev–Trinajstić information content (AvgIpc) is 3.38. The van der Waals surface area contributed by atoms with Crippen LogP contribution in [0.15, 0.2) is 71.1 Å². The van der Waals surface area contributed by atoms with E-state index in [0.717, 1.165) is 21.3 Å². The van der Waals surface area contributed by atoms with E-state index in [1.807, 2.05) is 12.1 Å². The van der Waals surface area contributed by atoms with Gasteiger partial charge in [0.2, 0.25) is 5.91 Å². The van der Waals surface area contributed by atoms with Crippen LogP contribution in [0.1, 0.15) is 27.9 Å². The molecule has 0 bridgehead atoms. The number of hydrogen-bond acceptors (Lipinski definition) is 8. The number of rotatable bonds is 10. The molecule has 0 aliphatic heterocycles. The van der Waals surface area contributed by atoms with Crippen molar-refractivity contribution in [3.8, 4) is 17.6 Å². The predicted octanol–water partition coefficient (Wildman–Crippen LogP) is 6.66. The first-order valence-electron chi connectivity index (χ1n) is 11.8. The highest BCUT2D eigenvalue weighted by Crippen LogP contribution is 2.35. The third-order valence-electron chi connectivity index (χ3n) is 5.50. The van der Waals surface area contributed by atoms with E-state index >= 15 is 0 Å². The summed E-state index contributed by atoms with van der Waals surface area (Å²) in [5.41, 5.74) is 4.27. The van der Waals surface area contributed by atoms with Gasteiger partial charge in [-0.3, -0.25) is 4.79 Å². The number of aromatic nitrogens is 1. The molecule has 0 saturated heterocycles. The number of benzene rings is 3. The van der Waals surface area contributed by atoms with Gasteiger partial charge in [0.25, 0.3) is 0 Å². The molecular weight excluding hydrogens is 670 g/mol. The molecule has 2 N–H and O–H groups in total. The van der Waals surface area contributed by atoms with Gasteiger partial charge in [0.05, 0.1) is 46.2 Å². The van der Waals surface area contributed by atoms with Gasteiger partial charge >= 0.3 is 6.18 Å². The molecular formula is C28H21F3IN5O3S. The summed E-state index contributed by atoms with van der Waals surface area (Å²) in [6.45, 7) is 0.188. The first kappa shape index (κ1) is 29.8. The van der Waals surface area contributed by atoms with Crippen LogP contribution in [-0.2, 0) is 24.0 Å². The maximum Gasteiger partial charge on any atom is 0.416 e. The number of alkyl halides is 3. The number of anilines is 2. The highest BCUT2D eigenvalue weighted by Gasteiger charge is 2.30. The van der Waals surface area contributed by atoms with E-state index in [2.05, 4.69) is 49.5 Å². The largest absolute Gasteiger partial charge is 0.493 e. The lowest BCUT2D eigenvalue weighted by Crippen LogP contribution is -2.20. The van der Waals surface area contributed by atoms with E-state index in [4.69, 9.17) is 9.47 Å². The van der Waals surface area contributed by atoms with E-state index in [0.29, 0.717) is 33.5 Å². The zero-order chi connectivity index (χ0) is 29.4. The number of nitrogens with zero attached hydrogens (tertiary/aromatic N) is 3. The van der Waals surface area contributed by atoms with Crippen molar-refractivity contribution in [3.63, 3.8) is 0 Å². The Bertz CT molecular complexity index is 1620. The molecule has 41 heavy (non-hydrogen) atoms. The zero-order valence-electron chi connectivity index (χ0n) is 21.3. The Morgan fingerprint density at radius 2 is 2.00 bits per heavy atom. The zero-order valence-corrected chi connectivity index (χ0v) is 24.3. The topological polar surface area (TPSA) is 109 Å². The van der Waals surface area contributed by atoms with Gasteiger partial charge in [-0.15, -0.1) is 11.3 Å². The lowest BCUT2D eigenvalue weighted by molar-refractivity contribution is -0.137. The summed E-state index contributed by atoms with van der Waals surface area (Å²) in [6.07, 6.45) is -3.07. The highest BCUT2D eigenvalue weighted by molar-refractivity contribution is 14.1. The van der Waals surface area contributed by atoms with Crippen LogP contribution in [0.3, 0.4) is 0 Å². The molecule has 8 nitrogen and oxygen atoms in total. The molecule has 1 heterocycles. The van der Waals surface area contributed by atoms with Gasteiger partial charge in [0.15, 0.2) is 16.6 Å². The number of hydrazone groups is 1. The molecule has 1 aromatic heterocycles. The van der Waals surface area contributed by atoms with Gasteiger partial charge in [0.1, 0.15) is 6.61 Å². The van der Waals surface area contributed by atoms with E-state index in [-0.39, 0.29) is 18.7 Å². The third-order valence-corrected chi connectivity index (χ3v) is 7.11. The number of thiazole rings is 1. The summed E-state index contributed by atoms with van der Waals surface area (Å²) >= 11 is 3.27. The van der Waals surface area contributed by atoms with Crippen LogP contribution in [-0.4, -0.2) is 24.2 Å². The van der Waals surface area contributed by atoms with Crippen molar-refractivity contribution in [2.24, 2.45) is 5.10 Å². The van der Waals surface area contributed by atoms with Crippen LogP contribution < -0.4 is 20.2 Å². The summed E-state index contributed by atoms with van der Waals surface area (Å²) in [4.78, 5) is 16.6. The molecule has 0 aliphatic rings. The van der Waals surface area contributed by atoms with Crippen LogP contribution in [0.5, 0.6) is 11.5 Å². The van der Waals surface area contributed by atoms with Gasteiger partial charge in [-0.05, 0) is 64.6 Å². The Balaban J connectivity index is 1.33. The van der Waals surface area contributed by atoms with E-state index in [9.17, 15) is 23.2 Å². The second-order valence-corrected chi connectivity index (χ2v) is 10.4. The third kappa shape index (κ3) is 8.18. The summed E-state index contributed by atoms with van der Waals surface area (Å²) in [5, 5.41) is 18.1. The molecule has 0 atom stereocenters. The summed E-state index contributed by atoms with van der Waals surface area (Å²) in [5.74, 6) is 0.553. The standard InChI is InChI=1S/C28H21F3IN5O3S/c1-39-24-10-17(9-23(32)26(24)40-15-19-6-3-2-5-18(19)13-33)14-34-37-25(38)12-22-16-41-27(36-22)35-21-8-4-7-20(11-21)28(29,30)31/h2-11,14,16H,12,15H2,1H3,(H,35,36)(H,37,38)/b34-14-. The molecule has 4 aromatic rings. The highest BCUT2D eigenvalue weighted by atomic mass is 127. The maximum absolute atomic E-state index is 12.9. The van der Waals surface area contributed by atoms with Crippen LogP contribution >= 0.6 is 33.9 Å². The minimum atomic E-state index is -4.45. The average molecular weight is 691 g/mol. The number of ether oxygens (including phenoxy) is 2. The molecule has 0 radical (unpaired) electrons. The fourth-order valence-electron chi connectivity index (χ4n) is 3.58. The van der Waals surface area contributed by atoms with Crippen molar-refractivity contribution < 1.29 is 27.4 Å². The van der Waals surface area contributed by atoms with Gasteiger partial charge < -0.3 is 14.8 Å². The maximum atomic E-state index is 12.9. The van der Waals surface area contributed by atoms with Gasteiger partial charge in [-0.2, -0.15) is 23.5 Å². The Labute approximate surface area is 251 Å². The lowest BCUT2D eigenvalue weighted by atomic mass is 10.1. The molecule has 4 rings (SSSR count). The second-order valence-electron chi connectivity index (χ2n) is 8.41. The Morgan fingerprint density at radius 1 is 1.20 bits per heavy atom. The van der Waals surface area contributed by atoms with Crippen LogP contribution in [0, 0.1) is 14.9 Å².